The van der Waals surface area contributed by atoms with Crippen LogP contribution in [0.4, 0.5) is 0 Å². The van der Waals surface area contributed by atoms with E-state index >= 15 is 0 Å². The van der Waals surface area contributed by atoms with Crippen LogP contribution in [0.3, 0.4) is 0 Å². The van der Waals surface area contributed by atoms with Gasteiger partial charge in [-0.05, 0) is 45.5 Å². The minimum absolute atomic E-state index is 0.227. The van der Waals surface area contributed by atoms with Gasteiger partial charge in [0.1, 0.15) is 5.08 Å². The molecule has 0 spiro atoms. The summed E-state index contributed by atoms with van der Waals surface area (Å²) >= 11 is 6.85. The lowest BCUT2D eigenvalue weighted by Crippen LogP contribution is -2.41. The highest BCUT2D eigenvalue weighted by Gasteiger charge is 2.35. The summed E-state index contributed by atoms with van der Waals surface area (Å²) in [6, 6.07) is 10.2. The van der Waals surface area contributed by atoms with Crippen molar-refractivity contribution in [1.82, 2.24) is 9.21 Å². The van der Waals surface area contributed by atoms with Crippen LogP contribution in [0.5, 0.6) is 0 Å². The average Bonchev–Trinajstić information content (AvgIpc) is 2.75. The summed E-state index contributed by atoms with van der Waals surface area (Å²) in [4.78, 5) is 6.61. The molecule has 1 aliphatic heterocycles. The zero-order valence-electron chi connectivity index (χ0n) is 14.4. The van der Waals surface area contributed by atoms with Gasteiger partial charge in [0, 0.05) is 12.1 Å². The molecule has 134 valence electrons. The third kappa shape index (κ3) is 4.64. The maximum absolute atomic E-state index is 10.4. The van der Waals surface area contributed by atoms with Gasteiger partial charge in [0.25, 0.3) is 0 Å². The summed E-state index contributed by atoms with van der Waals surface area (Å²) in [5.74, 6) is 0. The number of thioether (sulfide) groups is 1. The fourth-order valence-corrected chi connectivity index (χ4v) is 6.23. The van der Waals surface area contributed by atoms with Crippen molar-refractivity contribution >= 4 is 45.0 Å². The number of hydrogen-bond acceptors (Lipinski definition) is 4. The van der Waals surface area contributed by atoms with Gasteiger partial charge in [0.15, 0.2) is 10.3 Å². The maximum atomic E-state index is 10.4. The summed E-state index contributed by atoms with van der Waals surface area (Å²) in [5.41, 5.74) is 1.00. The second kappa shape index (κ2) is 8.05. The zero-order valence-corrected chi connectivity index (χ0v) is 16.9. The van der Waals surface area contributed by atoms with E-state index in [0.717, 1.165) is 5.56 Å². The van der Waals surface area contributed by atoms with E-state index in [1.165, 1.54) is 11.8 Å². The Morgan fingerprint density at radius 2 is 1.83 bits per heavy atom. The summed E-state index contributed by atoms with van der Waals surface area (Å²) in [6.07, 6.45) is 0. The Morgan fingerprint density at radius 3 is 2.38 bits per heavy atom. The average molecular weight is 388 g/mol. The highest BCUT2D eigenvalue weighted by molar-refractivity contribution is 8.38. The van der Waals surface area contributed by atoms with Gasteiger partial charge in [-0.3, -0.25) is 9.11 Å². The van der Waals surface area contributed by atoms with Crippen molar-refractivity contribution in [3.63, 3.8) is 0 Å². The molecule has 1 heterocycles. The molecule has 0 radical (unpaired) electrons. The van der Waals surface area contributed by atoms with Crippen molar-refractivity contribution in [2.24, 2.45) is 4.99 Å². The van der Waals surface area contributed by atoms with Crippen LogP contribution in [0.25, 0.3) is 0 Å². The van der Waals surface area contributed by atoms with Crippen molar-refractivity contribution in [2.75, 3.05) is 5.08 Å². The lowest BCUT2D eigenvalue weighted by Gasteiger charge is -2.37. The predicted molar refractivity (Wildman–Crippen MR) is 109 cm³/mol. The lowest BCUT2D eigenvalue weighted by molar-refractivity contribution is 0.294. The molecule has 5 nitrogen and oxygen atoms in total. The molecule has 8 heteroatoms. The highest BCUT2D eigenvalue weighted by atomic mass is 32.3. The lowest BCUT2D eigenvalue weighted by atomic mass is 10.2. The van der Waals surface area contributed by atoms with Gasteiger partial charge >= 0.3 is 0 Å². The highest BCUT2D eigenvalue weighted by Crippen LogP contribution is 2.54. The quantitative estimate of drug-likeness (QED) is 0.735. The molecule has 0 saturated carbocycles. The van der Waals surface area contributed by atoms with Gasteiger partial charge in [0.05, 0.1) is 6.54 Å². The van der Waals surface area contributed by atoms with Crippen molar-refractivity contribution < 1.29 is 9.11 Å². The zero-order chi connectivity index (χ0) is 17.9. The predicted octanol–water partition coefficient (Wildman–Crippen LogP) is 4.62. The molecule has 0 atom stereocenters. The summed E-state index contributed by atoms with van der Waals surface area (Å²) < 4.78 is 22.3. The maximum Gasteiger partial charge on any atom is 0.198 e. The van der Waals surface area contributed by atoms with E-state index in [9.17, 15) is 9.11 Å². The summed E-state index contributed by atoms with van der Waals surface area (Å²) in [5, 5.41) is 1.29. The van der Waals surface area contributed by atoms with Gasteiger partial charge in [-0.25, -0.2) is 4.31 Å². The Bertz CT molecular complexity index is 598. The standard InChI is InChI=1S/C16H25N3O2S3/c1-12(2)19(13(3)4)15(22)17-16-18(24(20,21)11-23-16)10-14-8-6-5-7-9-14/h5-9,12-13,20-21H,10-11H2,1-4H3. The molecule has 1 fully saturated rings. The second-order valence-corrected chi connectivity index (χ2v) is 9.86. The summed E-state index contributed by atoms with van der Waals surface area (Å²) in [6.45, 7) is 8.70. The van der Waals surface area contributed by atoms with Gasteiger partial charge in [0.2, 0.25) is 0 Å². The first-order valence-corrected chi connectivity index (χ1v) is 10.9. The fourth-order valence-electron chi connectivity index (χ4n) is 2.58. The third-order valence-corrected chi connectivity index (χ3v) is 7.34. The van der Waals surface area contributed by atoms with Crippen molar-refractivity contribution in [1.29, 1.82) is 0 Å². The molecular formula is C16H25N3O2S3. The number of amidine groups is 1. The van der Waals surface area contributed by atoms with E-state index in [-0.39, 0.29) is 17.2 Å². The topological polar surface area (TPSA) is 59.3 Å². The monoisotopic (exact) mass is 387 g/mol. The van der Waals surface area contributed by atoms with E-state index in [2.05, 4.69) is 32.7 Å². The molecule has 0 unspecified atom stereocenters. The van der Waals surface area contributed by atoms with Crippen molar-refractivity contribution in [2.45, 2.75) is 46.3 Å². The van der Waals surface area contributed by atoms with Gasteiger partial charge in [-0.15, -0.1) is 10.8 Å². The van der Waals surface area contributed by atoms with Crippen molar-refractivity contribution in [3.8, 4) is 0 Å². The number of aliphatic imine (C=N–C) groups is 1. The molecule has 1 aromatic carbocycles. The molecular weight excluding hydrogens is 362 g/mol. The Labute approximate surface area is 155 Å². The molecule has 2 N–H and O–H groups in total. The van der Waals surface area contributed by atoms with Crippen LogP contribution in [0.15, 0.2) is 35.3 Å². The van der Waals surface area contributed by atoms with Crippen LogP contribution < -0.4 is 0 Å². The van der Waals surface area contributed by atoms with Crippen LogP contribution in [0.2, 0.25) is 0 Å². The number of hydrogen-bond donors (Lipinski definition) is 2. The Hall–Kier alpha value is -0.800. The fraction of sp³-hybridized carbons (Fsp3) is 0.500. The Balaban J connectivity index is 2.25. The smallest absolute Gasteiger partial charge is 0.198 e. The first kappa shape index (κ1) is 19.5. The molecule has 1 saturated heterocycles. The number of nitrogens with zero attached hydrogens (tertiary/aromatic N) is 3. The second-order valence-electron chi connectivity index (χ2n) is 6.19. The minimum Gasteiger partial charge on any atom is -0.343 e. The first-order valence-electron chi connectivity index (χ1n) is 7.83. The summed E-state index contributed by atoms with van der Waals surface area (Å²) in [7, 11) is -2.86. The molecule has 0 aliphatic carbocycles. The molecule has 0 aromatic heterocycles. The molecule has 0 bridgehead atoms. The Kier molecular flexibility index (Phi) is 6.55. The van der Waals surface area contributed by atoms with E-state index in [4.69, 9.17) is 12.2 Å². The molecule has 24 heavy (non-hydrogen) atoms. The minimum atomic E-state index is -2.86. The van der Waals surface area contributed by atoms with Gasteiger partial charge in [-0.1, -0.05) is 42.1 Å². The molecule has 1 aromatic rings. The number of rotatable bonds is 4. The van der Waals surface area contributed by atoms with Gasteiger partial charge < -0.3 is 4.90 Å². The largest absolute Gasteiger partial charge is 0.343 e. The first-order chi connectivity index (χ1) is 11.2. The SMILES string of the molecule is CC(C)N(C(=S)N=C1SCS(O)(O)N1Cc1ccccc1)C(C)C. The van der Waals surface area contributed by atoms with Crippen LogP contribution >= 0.6 is 34.8 Å². The van der Waals surface area contributed by atoms with Crippen molar-refractivity contribution in [3.05, 3.63) is 35.9 Å². The molecule has 2 rings (SSSR count). The van der Waals surface area contributed by atoms with Crippen LogP contribution in [-0.2, 0) is 6.54 Å². The van der Waals surface area contributed by atoms with E-state index < -0.39 is 10.8 Å². The van der Waals surface area contributed by atoms with Crippen LogP contribution in [-0.4, -0.2) is 45.8 Å². The normalized spacial score (nSPS) is 20.0. The van der Waals surface area contributed by atoms with E-state index in [1.54, 1.807) is 4.31 Å². The van der Waals surface area contributed by atoms with E-state index in [1.807, 2.05) is 35.2 Å². The van der Waals surface area contributed by atoms with E-state index in [0.29, 0.717) is 16.8 Å². The number of thiocarbonyl (C=S) groups is 1. The molecule has 0 amide bonds. The third-order valence-electron chi connectivity index (χ3n) is 3.61. The van der Waals surface area contributed by atoms with Crippen LogP contribution in [0, 0.1) is 0 Å². The Morgan fingerprint density at radius 1 is 1.25 bits per heavy atom. The van der Waals surface area contributed by atoms with Crippen LogP contribution in [0.1, 0.15) is 33.3 Å². The molecule has 1 aliphatic rings. The number of benzene rings is 1. The van der Waals surface area contributed by atoms with Gasteiger partial charge in [-0.2, -0.15) is 4.99 Å².